The lowest BCUT2D eigenvalue weighted by Crippen LogP contribution is -2.62. The van der Waals surface area contributed by atoms with Crippen molar-refractivity contribution < 1.29 is 14.1 Å². The van der Waals surface area contributed by atoms with E-state index in [0.29, 0.717) is 43.7 Å². The third-order valence-electron chi connectivity index (χ3n) is 5.43. The normalized spacial score (nSPS) is 18.7. The molecule has 0 unspecified atom stereocenters. The summed E-state index contributed by atoms with van der Waals surface area (Å²) in [6.45, 7) is 1.63. The number of nitrogens with zero attached hydrogens (tertiary/aromatic N) is 2. The Balaban J connectivity index is 1.37. The van der Waals surface area contributed by atoms with Gasteiger partial charge >= 0.3 is 0 Å². The lowest BCUT2D eigenvalue weighted by atomic mass is 9.75. The molecule has 1 aliphatic carbocycles. The Morgan fingerprint density at radius 1 is 1.42 bits per heavy atom. The molecule has 1 saturated heterocycles. The highest BCUT2D eigenvalue weighted by Gasteiger charge is 2.44. The molecule has 1 aromatic heterocycles. The van der Waals surface area contributed by atoms with Crippen LogP contribution in [0.25, 0.3) is 0 Å². The lowest BCUT2D eigenvalue weighted by molar-refractivity contribution is -0.134. The zero-order valence-electron chi connectivity index (χ0n) is 15.0. The van der Waals surface area contributed by atoms with Gasteiger partial charge in [0, 0.05) is 19.0 Å². The van der Waals surface area contributed by atoms with E-state index in [1.165, 1.54) is 6.42 Å². The fourth-order valence-electron chi connectivity index (χ4n) is 3.47. The van der Waals surface area contributed by atoms with E-state index in [9.17, 15) is 4.79 Å². The van der Waals surface area contributed by atoms with Gasteiger partial charge in [0.25, 0.3) is 0 Å². The van der Waals surface area contributed by atoms with Crippen molar-refractivity contribution in [3.63, 3.8) is 0 Å². The van der Waals surface area contributed by atoms with Crippen LogP contribution in [0.5, 0.6) is 5.75 Å². The van der Waals surface area contributed by atoms with Gasteiger partial charge in [-0.1, -0.05) is 23.7 Å². The molecule has 0 atom stereocenters. The van der Waals surface area contributed by atoms with Crippen molar-refractivity contribution in [1.29, 1.82) is 0 Å². The molecule has 0 spiro atoms. The predicted octanol–water partition coefficient (Wildman–Crippen LogP) is 1.79. The molecule has 2 aromatic rings. The number of methoxy groups -OCH3 is 1. The van der Waals surface area contributed by atoms with Crippen molar-refractivity contribution in [2.45, 2.75) is 38.1 Å². The molecule has 0 radical (unpaired) electrons. The maximum atomic E-state index is 12.8. The Bertz CT molecular complexity index is 781. The minimum Gasteiger partial charge on any atom is -0.497 e. The van der Waals surface area contributed by atoms with E-state index in [1.807, 2.05) is 24.3 Å². The molecule has 138 valence electrons. The molecule has 2 heterocycles. The van der Waals surface area contributed by atoms with E-state index >= 15 is 0 Å². The summed E-state index contributed by atoms with van der Waals surface area (Å²) >= 11 is 0. The van der Waals surface area contributed by atoms with Crippen LogP contribution in [0.15, 0.2) is 28.8 Å². The molecule has 26 heavy (non-hydrogen) atoms. The average Bonchev–Trinajstić information content (AvgIpc) is 3.03. The molecule has 2 aliphatic rings. The van der Waals surface area contributed by atoms with E-state index in [2.05, 4.69) is 20.8 Å². The van der Waals surface area contributed by atoms with Gasteiger partial charge in [-0.15, -0.1) is 0 Å². The number of hydrogen-bond donors (Lipinski definition) is 2. The van der Waals surface area contributed by atoms with E-state index in [-0.39, 0.29) is 5.91 Å². The zero-order chi connectivity index (χ0) is 18.0. The van der Waals surface area contributed by atoms with Crippen molar-refractivity contribution in [2.24, 2.45) is 5.41 Å². The zero-order valence-corrected chi connectivity index (χ0v) is 15.0. The largest absolute Gasteiger partial charge is 0.497 e. The number of ether oxygens (including phenoxy) is 1. The number of carbonyl (C=O) groups excluding carboxylic acids is 1. The molecule has 2 fully saturated rings. The Hall–Kier alpha value is -2.41. The molecule has 0 bridgehead atoms. The Kier molecular flexibility index (Phi) is 4.63. The van der Waals surface area contributed by atoms with Gasteiger partial charge in [-0.2, -0.15) is 4.98 Å². The van der Waals surface area contributed by atoms with E-state index in [1.54, 1.807) is 7.11 Å². The van der Waals surface area contributed by atoms with Crippen LogP contribution in [-0.4, -0.2) is 36.2 Å². The van der Waals surface area contributed by atoms with Crippen LogP contribution in [0.4, 0.5) is 0 Å². The molecular weight excluding hydrogens is 332 g/mol. The Morgan fingerprint density at radius 2 is 2.27 bits per heavy atom. The summed E-state index contributed by atoms with van der Waals surface area (Å²) in [5, 5.41) is 10.2. The van der Waals surface area contributed by atoms with Crippen LogP contribution in [0.1, 0.15) is 42.5 Å². The number of aromatic nitrogens is 2. The van der Waals surface area contributed by atoms with E-state index < -0.39 is 5.41 Å². The van der Waals surface area contributed by atoms with Gasteiger partial charge < -0.3 is 19.9 Å². The summed E-state index contributed by atoms with van der Waals surface area (Å²) < 4.78 is 10.6. The summed E-state index contributed by atoms with van der Waals surface area (Å²) in [6.07, 6.45) is 4.12. The number of nitrogens with one attached hydrogen (secondary N) is 2. The fourth-order valence-corrected chi connectivity index (χ4v) is 3.47. The van der Waals surface area contributed by atoms with E-state index in [0.717, 1.165) is 24.2 Å². The second-order valence-corrected chi connectivity index (χ2v) is 7.27. The molecule has 1 amide bonds. The molecule has 1 aromatic carbocycles. The molecule has 1 aliphatic heterocycles. The second-order valence-electron chi connectivity index (χ2n) is 7.27. The first-order valence-electron chi connectivity index (χ1n) is 9.13. The second kappa shape index (κ2) is 7.07. The molecule has 7 nitrogen and oxygen atoms in total. The smallest absolute Gasteiger partial charge is 0.229 e. The van der Waals surface area contributed by atoms with Crippen LogP contribution in [0.3, 0.4) is 0 Å². The van der Waals surface area contributed by atoms with Crippen LogP contribution in [0.2, 0.25) is 0 Å². The van der Waals surface area contributed by atoms with Crippen LogP contribution in [0, 0.1) is 5.41 Å². The summed E-state index contributed by atoms with van der Waals surface area (Å²) in [5.74, 6) is 2.48. The molecule has 7 heteroatoms. The maximum absolute atomic E-state index is 12.8. The van der Waals surface area contributed by atoms with Crippen molar-refractivity contribution in [2.75, 3.05) is 20.2 Å². The topological polar surface area (TPSA) is 89.3 Å². The van der Waals surface area contributed by atoms with Gasteiger partial charge in [0.2, 0.25) is 11.8 Å². The number of benzene rings is 1. The summed E-state index contributed by atoms with van der Waals surface area (Å²) in [4.78, 5) is 17.2. The Labute approximate surface area is 152 Å². The van der Waals surface area contributed by atoms with Gasteiger partial charge in [0.1, 0.15) is 5.75 Å². The van der Waals surface area contributed by atoms with Crippen LogP contribution in [-0.2, 0) is 17.8 Å². The average molecular weight is 356 g/mol. The molecule has 2 N–H and O–H groups in total. The monoisotopic (exact) mass is 356 g/mol. The lowest BCUT2D eigenvalue weighted by Gasteiger charge is -2.41. The van der Waals surface area contributed by atoms with Gasteiger partial charge in [-0.25, -0.2) is 0 Å². The van der Waals surface area contributed by atoms with Gasteiger partial charge in [-0.05, 0) is 37.0 Å². The van der Waals surface area contributed by atoms with Crippen molar-refractivity contribution in [3.05, 3.63) is 41.5 Å². The van der Waals surface area contributed by atoms with Crippen molar-refractivity contribution in [1.82, 2.24) is 20.8 Å². The predicted molar refractivity (Wildman–Crippen MR) is 94.7 cm³/mol. The van der Waals surface area contributed by atoms with Gasteiger partial charge in [-0.3, -0.25) is 4.79 Å². The number of carbonyl (C=O) groups is 1. The number of hydrogen-bond acceptors (Lipinski definition) is 6. The number of amides is 1. The Morgan fingerprint density at radius 3 is 2.92 bits per heavy atom. The minimum absolute atomic E-state index is 0.0223. The van der Waals surface area contributed by atoms with Crippen LogP contribution < -0.4 is 15.4 Å². The fraction of sp³-hybridized carbons (Fsp3) is 0.526. The third-order valence-corrected chi connectivity index (χ3v) is 5.43. The standard InChI is InChI=1S/C19H24N4O3/c1-25-15-7-2-4-13(8-15)9-19(11-20-12-19)18(24)21-10-16-22-17(26-23-16)14-5-3-6-14/h2,4,7-8,14,20H,3,5-6,9-12H2,1H3,(H,21,24). The SMILES string of the molecule is COc1cccc(CC2(C(=O)NCc3noc(C4CCC4)n3)CNC2)c1. The molecule has 1 saturated carbocycles. The minimum atomic E-state index is -0.438. The molecule has 4 rings (SSSR count). The summed E-state index contributed by atoms with van der Waals surface area (Å²) in [7, 11) is 1.65. The highest BCUT2D eigenvalue weighted by Crippen LogP contribution is 2.35. The van der Waals surface area contributed by atoms with Gasteiger partial charge in [0.05, 0.1) is 19.1 Å². The first kappa shape index (κ1) is 17.0. The highest BCUT2D eigenvalue weighted by atomic mass is 16.5. The maximum Gasteiger partial charge on any atom is 0.229 e. The van der Waals surface area contributed by atoms with Crippen molar-refractivity contribution >= 4 is 5.91 Å². The van der Waals surface area contributed by atoms with Crippen molar-refractivity contribution in [3.8, 4) is 5.75 Å². The summed E-state index contributed by atoms with van der Waals surface area (Å²) in [5.41, 5.74) is 0.653. The number of rotatable bonds is 7. The third kappa shape index (κ3) is 3.31. The van der Waals surface area contributed by atoms with E-state index in [4.69, 9.17) is 9.26 Å². The first-order chi connectivity index (χ1) is 12.7. The summed E-state index contributed by atoms with van der Waals surface area (Å²) in [6, 6.07) is 7.87. The van der Waals surface area contributed by atoms with Crippen LogP contribution >= 0.6 is 0 Å². The highest BCUT2D eigenvalue weighted by molar-refractivity contribution is 5.84. The quantitative estimate of drug-likeness (QED) is 0.786. The molecular formula is C19H24N4O3. The van der Waals surface area contributed by atoms with Gasteiger partial charge in [0.15, 0.2) is 5.82 Å². The first-order valence-corrected chi connectivity index (χ1v) is 9.13.